The Kier molecular flexibility index (Phi) is 7.09. The van der Waals surface area contributed by atoms with Crippen LogP contribution in [0, 0.1) is 0 Å². The lowest BCUT2D eigenvalue weighted by Gasteiger charge is -2.04. The van der Waals surface area contributed by atoms with Crippen molar-refractivity contribution in [3.63, 3.8) is 0 Å². The summed E-state index contributed by atoms with van der Waals surface area (Å²) in [5.74, 6) is 0.762. The van der Waals surface area contributed by atoms with Crippen molar-refractivity contribution in [2.45, 2.75) is 6.54 Å². The van der Waals surface area contributed by atoms with E-state index in [1.54, 1.807) is 42.3 Å². The van der Waals surface area contributed by atoms with Crippen LogP contribution in [0.5, 0.6) is 5.75 Å². The second-order valence-electron chi connectivity index (χ2n) is 6.71. The molecule has 1 aromatic heterocycles. The van der Waals surface area contributed by atoms with Gasteiger partial charge < -0.3 is 21.7 Å². The Morgan fingerprint density at radius 2 is 1.47 bits per heavy atom. The number of ether oxygens (including phenoxy) is 1. The molecule has 0 N–H and O–H groups in total. The molecule has 3 aromatic carbocycles. The van der Waals surface area contributed by atoms with Crippen molar-refractivity contribution >= 4 is 5.78 Å². The number of nitrogens with zero attached hydrogens (tertiary/aromatic N) is 2. The van der Waals surface area contributed by atoms with Gasteiger partial charge in [-0.2, -0.15) is 0 Å². The minimum absolute atomic E-state index is 0. The first kappa shape index (κ1) is 21.4. The van der Waals surface area contributed by atoms with Crippen molar-refractivity contribution in [3.05, 3.63) is 103 Å². The van der Waals surface area contributed by atoms with E-state index in [1.807, 2.05) is 30.5 Å². The van der Waals surface area contributed by atoms with Gasteiger partial charge in [-0.05, 0) is 52.5 Å². The van der Waals surface area contributed by atoms with Crippen molar-refractivity contribution in [3.8, 4) is 28.1 Å². The number of Topliss-reactive ketones (excluding diaryl/α,β-unsaturated/α-hetero) is 1. The van der Waals surface area contributed by atoms with Crippen molar-refractivity contribution < 1.29 is 31.1 Å². The number of carbonyl (C=O) groups is 1. The molecule has 0 bridgehead atoms. The van der Waals surface area contributed by atoms with Crippen LogP contribution in [0.15, 0.2) is 97.5 Å². The molecule has 0 aliphatic rings. The van der Waals surface area contributed by atoms with Gasteiger partial charge in [-0.15, -0.1) is 0 Å². The summed E-state index contributed by atoms with van der Waals surface area (Å²) in [6.45, 7) is 0.243. The number of aromatic nitrogens is 2. The minimum atomic E-state index is 0. The Labute approximate surface area is 186 Å². The lowest BCUT2D eigenvalue weighted by atomic mass is 10.0. The highest BCUT2D eigenvalue weighted by atomic mass is 79.9. The number of carbonyl (C=O) groups excluding carboxylic acids is 1. The normalized spacial score (nSPS) is 10.2. The zero-order valence-electron chi connectivity index (χ0n) is 16.5. The number of rotatable bonds is 6. The molecule has 0 aliphatic heterocycles. The Bertz CT molecular complexity index is 1090. The molecule has 0 aliphatic carbocycles. The van der Waals surface area contributed by atoms with Gasteiger partial charge in [0.05, 0.1) is 13.3 Å². The van der Waals surface area contributed by atoms with E-state index in [4.69, 9.17) is 4.74 Å². The summed E-state index contributed by atoms with van der Waals surface area (Å²) in [5, 5.41) is 0. The Hall–Kier alpha value is -3.31. The van der Waals surface area contributed by atoms with Gasteiger partial charge in [0, 0.05) is 17.2 Å². The van der Waals surface area contributed by atoms with Gasteiger partial charge in [0.25, 0.3) is 6.33 Å². The maximum atomic E-state index is 12.5. The third-order valence-corrected chi connectivity index (χ3v) is 4.79. The zero-order chi connectivity index (χ0) is 20.1. The molecule has 4 nitrogen and oxygen atoms in total. The fourth-order valence-corrected chi connectivity index (χ4v) is 3.15. The number of methoxy groups -OCH3 is 1. The van der Waals surface area contributed by atoms with Gasteiger partial charge in [-0.1, -0.05) is 42.5 Å². The summed E-state index contributed by atoms with van der Waals surface area (Å²) < 4.78 is 6.91. The lowest BCUT2D eigenvalue weighted by molar-refractivity contribution is -0.686. The number of hydrogen-bond donors (Lipinski definition) is 0. The first-order chi connectivity index (χ1) is 14.2. The molecule has 0 unspecified atom stereocenters. The molecule has 0 saturated carbocycles. The number of hydrogen-bond acceptors (Lipinski definition) is 3. The summed E-state index contributed by atoms with van der Waals surface area (Å²) >= 11 is 0. The number of ketones is 1. The van der Waals surface area contributed by atoms with Crippen LogP contribution in [-0.2, 0) is 6.54 Å². The van der Waals surface area contributed by atoms with Crippen molar-refractivity contribution in [2.75, 3.05) is 7.11 Å². The number of benzene rings is 3. The highest BCUT2D eigenvalue weighted by Gasteiger charge is 2.12. The highest BCUT2D eigenvalue weighted by molar-refractivity contribution is 5.95. The maximum Gasteiger partial charge on any atom is 0.287 e. The van der Waals surface area contributed by atoms with Crippen LogP contribution < -0.4 is 26.3 Å². The van der Waals surface area contributed by atoms with E-state index in [2.05, 4.69) is 41.4 Å². The van der Waals surface area contributed by atoms with Crippen LogP contribution in [0.4, 0.5) is 0 Å². The average Bonchev–Trinajstić information content (AvgIpc) is 2.80. The summed E-state index contributed by atoms with van der Waals surface area (Å²) in [7, 11) is 1.61. The summed E-state index contributed by atoms with van der Waals surface area (Å²) in [5.41, 5.74) is 4.93. The standard InChI is InChI=1S/C25H21N2O2.BrH/c1-29-23-13-11-22(12-14-23)25(28)17-27-16-15-24(26-18-27)21-9-7-20(8-10-21)19-5-3-2-4-6-19;/h2-16,18H,17H2,1H3;1H/q+1;/p-1. The molecule has 5 heteroatoms. The Morgan fingerprint density at radius 1 is 0.833 bits per heavy atom. The molecule has 0 radical (unpaired) electrons. The first-order valence-electron chi connectivity index (χ1n) is 9.41. The molecular formula is C25H21BrN2O2. The molecule has 4 aromatic rings. The van der Waals surface area contributed by atoms with Crippen LogP contribution in [0.2, 0.25) is 0 Å². The largest absolute Gasteiger partial charge is 1.00 e. The van der Waals surface area contributed by atoms with E-state index in [-0.39, 0.29) is 29.3 Å². The van der Waals surface area contributed by atoms with Crippen molar-refractivity contribution in [2.24, 2.45) is 0 Å². The van der Waals surface area contributed by atoms with Crippen LogP contribution >= 0.6 is 0 Å². The smallest absolute Gasteiger partial charge is 0.287 e. The summed E-state index contributed by atoms with van der Waals surface area (Å²) in [6.07, 6.45) is 3.58. The van der Waals surface area contributed by atoms with Crippen LogP contribution in [0.25, 0.3) is 22.4 Å². The molecule has 1 heterocycles. The summed E-state index contributed by atoms with van der Waals surface area (Å²) in [4.78, 5) is 17.0. The molecule has 150 valence electrons. The molecule has 0 spiro atoms. The summed E-state index contributed by atoms with van der Waals surface area (Å²) in [6, 6.07) is 27.7. The van der Waals surface area contributed by atoms with Gasteiger partial charge in [0.1, 0.15) is 5.75 Å². The molecule has 0 fully saturated rings. The molecule has 4 rings (SSSR count). The van der Waals surface area contributed by atoms with Gasteiger partial charge >= 0.3 is 0 Å². The third kappa shape index (κ3) is 4.99. The molecule has 30 heavy (non-hydrogen) atoms. The monoisotopic (exact) mass is 460 g/mol. The predicted octanol–water partition coefficient (Wildman–Crippen LogP) is 1.60. The SMILES string of the molecule is COc1ccc(C(=O)C[n+]2ccc(-c3ccc(-c4ccccc4)cc3)nc2)cc1.[Br-]. The van der Waals surface area contributed by atoms with Crippen LogP contribution in [-0.4, -0.2) is 17.9 Å². The van der Waals surface area contributed by atoms with Crippen molar-refractivity contribution in [1.29, 1.82) is 0 Å². The molecule has 0 atom stereocenters. The molecule has 0 amide bonds. The highest BCUT2D eigenvalue weighted by Crippen LogP contribution is 2.23. The topological polar surface area (TPSA) is 43.1 Å². The second-order valence-corrected chi connectivity index (χ2v) is 6.71. The second kappa shape index (κ2) is 9.94. The Balaban J connectivity index is 0.00000256. The van der Waals surface area contributed by atoms with Crippen LogP contribution in [0.1, 0.15) is 10.4 Å². The molecule has 0 saturated heterocycles. The minimum Gasteiger partial charge on any atom is -1.00 e. The van der Waals surface area contributed by atoms with Crippen LogP contribution in [0.3, 0.4) is 0 Å². The Morgan fingerprint density at radius 3 is 2.07 bits per heavy atom. The van der Waals surface area contributed by atoms with E-state index in [9.17, 15) is 4.79 Å². The number of halogens is 1. The maximum absolute atomic E-state index is 12.5. The average molecular weight is 461 g/mol. The third-order valence-electron chi connectivity index (χ3n) is 4.79. The van der Waals surface area contributed by atoms with Crippen molar-refractivity contribution in [1.82, 2.24) is 4.98 Å². The quantitative estimate of drug-likeness (QED) is 0.324. The van der Waals surface area contributed by atoms with Gasteiger partial charge in [0.2, 0.25) is 5.78 Å². The zero-order valence-corrected chi connectivity index (χ0v) is 18.1. The van der Waals surface area contributed by atoms with E-state index < -0.39 is 0 Å². The van der Waals surface area contributed by atoms with Gasteiger partial charge in [0.15, 0.2) is 12.2 Å². The lowest BCUT2D eigenvalue weighted by Crippen LogP contribution is -3.00. The predicted molar refractivity (Wildman–Crippen MR) is 113 cm³/mol. The fourth-order valence-electron chi connectivity index (χ4n) is 3.15. The van der Waals surface area contributed by atoms with Gasteiger partial charge in [-0.3, -0.25) is 4.79 Å². The first-order valence-corrected chi connectivity index (χ1v) is 9.41. The molecular weight excluding hydrogens is 440 g/mol. The van der Waals surface area contributed by atoms with E-state index in [0.717, 1.165) is 17.0 Å². The fraction of sp³-hybridized carbons (Fsp3) is 0.0800. The van der Waals surface area contributed by atoms with E-state index in [1.165, 1.54) is 11.1 Å². The van der Waals surface area contributed by atoms with Gasteiger partial charge in [-0.25, -0.2) is 4.57 Å². The van der Waals surface area contributed by atoms with E-state index in [0.29, 0.717) is 5.56 Å². The van der Waals surface area contributed by atoms with E-state index >= 15 is 0 Å².